The molecule has 2 rings (SSSR count). The molecule has 0 fully saturated rings. The van der Waals surface area contributed by atoms with Crippen molar-refractivity contribution in [3.05, 3.63) is 69.3 Å². The van der Waals surface area contributed by atoms with Crippen molar-refractivity contribution in [1.29, 1.82) is 0 Å². The summed E-state index contributed by atoms with van der Waals surface area (Å²) in [4.78, 5) is 9.70. The van der Waals surface area contributed by atoms with Crippen molar-refractivity contribution < 1.29 is 18.4 Å². The fraction of sp³-hybridized carbons (Fsp3) is 0.143. The molecule has 0 saturated heterocycles. The van der Waals surface area contributed by atoms with Gasteiger partial charge in [-0.25, -0.2) is 4.39 Å². The van der Waals surface area contributed by atoms with Gasteiger partial charge in [-0.1, -0.05) is 0 Å². The van der Waals surface area contributed by atoms with Crippen LogP contribution in [0.4, 0.5) is 14.5 Å². The van der Waals surface area contributed by atoms with Gasteiger partial charge < -0.3 is 4.74 Å². The summed E-state index contributed by atoms with van der Waals surface area (Å²) in [5.41, 5.74) is 0.496. The van der Waals surface area contributed by atoms with Crippen LogP contribution >= 0.6 is 0 Å². The maximum Gasteiger partial charge on any atom is 0.304 e. The second-order valence-electron chi connectivity index (χ2n) is 4.24. The maximum atomic E-state index is 13.4. The third-order valence-electron chi connectivity index (χ3n) is 2.74. The number of hydrogen-bond donors (Lipinski definition) is 0. The third kappa shape index (κ3) is 3.09. The molecule has 0 atom stereocenters. The lowest BCUT2D eigenvalue weighted by molar-refractivity contribution is -0.387. The molecule has 0 aliphatic rings. The molecule has 104 valence electrons. The van der Waals surface area contributed by atoms with Crippen LogP contribution in [0.2, 0.25) is 0 Å². The molecular formula is C14H11F2NO3. The fourth-order valence-corrected chi connectivity index (χ4v) is 1.72. The molecule has 0 bridgehead atoms. The first kappa shape index (κ1) is 13.9. The zero-order valence-corrected chi connectivity index (χ0v) is 10.6. The van der Waals surface area contributed by atoms with Gasteiger partial charge in [-0.05, 0) is 48.4 Å². The summed E-state index contributed by atoms with van der Waals surface area (Å²) in [6.45, 7) is 1.73. The van der Waals surface area contributed by atoms with Gasteiger partial charge in [0, 0.05) is 6.07 Å². The smallest absolute Gasteiger partial charge is 0.304 e. The van der Waals surface area contributed by atoms with E-state index in [1.54, 1.807) is 6.92 Å². The Balaban J connectivity index is 2.11. The van der Waals surface area contributed by atoms with E-state index in [0.29, 0.717) is 16.9 Å². The van der Waals surface area contributed by atoms with E-state index in [1.807, 2.05) is 0 Å². The molecule has 6 heteroatoms. The molecule has 0 aliphatic heterocycles. The number of aryl methyl sites for hydroxylation is 1. The second kappa shape index (κ2) is 5.64. The van der Waals surface area contributed by atoms with Crippen molar-refractivity contribution in [1.82, 2.24) is 0 Å². The van der Waals surface area contributed by atoms with E-state index in [0.717, 1.165) is 12.1 Å². The third-order valence-corrected chi connectivity index (χ3v) is 2.74. The molecule has 0 saturated carbocycles. The van der Waals surface area contributed by atoms with Crippen LogP contribution in [0.3, 0.4) is 0 Å². The standard InChI is InChI=1S/C14H11F2NO3/c1-9-6-11(15)3-5-14(9)20-8-10-2-4-13(17(18)19)12(16)7-10/h2-7H,8H2,1H3. The molecule has 20 heavy (non-hydrogen) atoms. The number of ether oxygens (including phenoxy) is 1. The molecule has 4 nitrogen and oxygen atoms in total. The number of hydrogen-bond acceptors (Lipinski definition) is 3. The van der Waals surface area contributed by atoms with E-state index in [-0.39, 0.29) is 12.4 Å². The summed E-state index contributed by atoms with van der Waals surface area (Å²) in [5.74, 6) is -0.798. The topological polar surface area (TPSA) is 52.4 Å². The maximum absolute atomic E-state index is 13.4. The first-order valence-electron chi connectivity index (χ1n) is 5.79. The van der Waals surface area contributed by atoms with E-state index in [2.05, 4.69) is 0 Å². The lowest BCUT2D eigenvalue weighted by Crippen LogP contribution is -1.99. The SMILES string of the molecule is Cc1cc(F)ccc1OCc1ccc([N+](=O)[O-])c(F)c1. The lowest BCUT2D eigenvalue weighted by atomic mass is 10.2. The van der Waals surface area contributed by atoms with Crippen LogP contribution in [0.25, 0.3) is 0 Å². The van der Waals surface area contributed by atoms with E-state index in [9.17, 15) is 18.9 Å². The quantitative estimate of drug-likeness (QED) is 0.632. The lowest BCUT2D eigenvalue weighted by Gasteiger charge is -2.09. The number of nitro benzene ring substituents is 1. The Bertz CT molecular complexity index is 659. The average Bonchev–Trinajstić information content (AvgIpc) is 2.37. The highest BCUT2D eigenvalue weighted by atomic mass is 19.1. The van der Waals surface area contributed by atoms with Crippen molar-refractivity contribution in [2.45, 2.75) is 13.5 Å². The van der Waals surface area contributed by atoms with E-state index in [4.69, 9.17) is 4.74 Å². The Hall–Kier alpha value is -2.50. The molecule has 0 amide bonds. The summed E-state index contributed by atoms with van der Waals surface area (Å²) in [6.07, 6.45) is 0. The van der Waals surface area contributed by atoms with Gasteiger partial charge in [0.2, 0.25) is 5.82 Å². The zero-order valence-electron chi connectivity index (χ0n) is 10.6. The van der Waals surface area contributed by atoms with Crippen molar-refractivity contribution in [2.75, 3.05) is 0 Å². The van der Waals surface area contributed by atoms with Crippen molar-refractivity contribution in [3.8, 4) is 5.75 Å². The minimum absolute atomic E-state index is 0.0430. The molecule has 0 N–H and O–H groups in total. The van der Waals surface area contributed by atoms with Crippen LogP contribution in [0.1, 0.15) is 11.1 Å². The molecule has 2 aromatic rings. The minimum Gasteiger partial charge on any atom is -0.489 e. The van der Waals surface area contributed by atoms with Crippen LogP contribution < -0.4 is 4.74 Å². The average molecular weight is 279 g/mol. The monoisotopic (exact) mass is 279 g/mol. The van der Waals surface area contributed by atoms with Crippen LogP contribution in [0, 0.1) is 28.7 Å². The summed E-state index contributed by atoms with van der Waals surface area (Å²) in [6, 6.07) is 7.62. The Morgan fingerprint density at radius 1 is 1.20 bits per heavy atom. The van der Waals surface area contributed by atoms with Crippen LogP contribution in [-0.2, 0) is 6.61 Å². The Morgan fingerprint density at radius 3 is 2.55 bits per heavy atom. The number of benzene rings is 2. The first-order valence-corrected chi connectivity index (χ1v) is 5.79. The molecule has 0 aliphatic carbocycles. The number of halogens is 2. The summed E-state index contributed by atoms with van der Waals surface area (Å²) < 4.78 is 31.8. The van der Waals surface area contributed by atoms with Gasteiger partial charge in [0.15, 0.2) is 0 Å². The Labute approximate surface area is 113 Å². The highest BCUT2D eigenvalue weighted by Crippen LogP contribution is 2.22. The molecule has 0 heterocycles. The largest absolute Gasteiger partial charge is 0.489 e. The van der Waals surface area contributed by atoms with E-state index >= 15 is 0 Å². The van der Waals surface area contributed by atoms with Gasteiger partial charge in [0.25, 0.3) is 0 Å². The van der Waals surface area contributed by atoms with Crippen LogP contribution in [0.5, 0.6) is 5.75 Å². The van der Waals surface area contributed by atoms with Gasteiger partial charge in [-0.3, -0.25) is 10.1 Å². The Morgan fingerprint density at radius 2 is 1.95 bits per heavy atom. The van der Waals surface area contributed by atoms with Crippen LogP contribution in [0.15, 0.2) is 36.4 Å². The molecule has 0 unspecified atom stereocenters. The van der Waals surface area contributed by atoms with Gasteiger partial charge in [0.05, 0.1) is 4.92 Å². The predicted molar refractivity (Wildman–Crippen MR) is 68.5 cm³/mol. The summed E-state index contributed by atoms with van der Waals surface area (Å²) in [5, 5.41) is 10.5. The summed E-state index contributed by atoms with van der Waals surface area (Å²) in [7, 11) is 0. The molecule has 0 radical (unpaired) electrons. The number of nitrogens with zero attached hydrogens (tertiary/aromatic N) is 1. The van der Waals surface area contributed by atoms with Crippen molar-refractivity contribution in [3.63, 3.8) is 0 Å². The molecule has 0 spiro atoms. The Kier molecular flexibility index (Phi) is 3.93. The zero-order chi connectivity index (χ0) is 14.7. The fourth-order valence-electron chi connectivity index (χ4n) is 1.72. The molecular weight excluding hydrogens is 268 g/mol. The van der Waals surface area contributed by atoms with Gasteiger partial charge in [-0.2, -0.15) is 4.39 Å². The second-order valence-corrected chi connectivity index (χ2v) is 4.24. The molecule has 2 aromatic carbocycles. The van der Waals surface area contributed by atoms with Crippen molar-refractivity contribution in [2.24, 2.45) is 0 Å². The normalized spacial score (nSPS) is 10.3. The number of rotatable bonds is 4. The molecule has 0 aromatic heterocycles. The van der Waals surface area contributed by atoms with Gasteiger partial charge in [-0.15, -0.1) is 0 Å². The minimum atomic E-state index is -0.910. The highest BCUT2D eigenvalue weighted by molar-refractivity contribution is 5.36. The first-order chi connectivity index (χ1) is 9.47. The summed E-state index contributed by atoms with van der Waals surface area (Å²) >= 11 is 0. The van der Waals surface area contributed by atoms with E-state index < -0.39 is 16.4 Å². The van der Waals surface area contributed by atoms with E-state index in [1.165, 1.54) is 24.3 Å². The number of nitro groups is 1. The van der Waals surface area contributed by atoms with Crippen LogP contribution in [-0.4, -0.2) is 4.92 Å². The highest BCUT2D eigenvalue weighted by Gasteiger charge is 2.14. The predicted octanol–water partition coefficient (Wildman–Crippen LogP) is 3.76. The van der Waals surface area contributed by atoms with Gasteiger partial charge >= 0.3 is 5.69 Å². The van der Waals surface area contributed by atoms with Crippen molar-refractivity contribution >= 4 is 5.69 Å². The van der Waals surface area contributed by atoms with Gasteiger partial charge in [0.1, 0.15) is 18.2 Å².